The minimum absolute atomic E-state index is 0.0391. The number of amides is 1. The molecule has 242 valence electrons. The Labute approximate surface area is 260 Å². The Hall–Kier alpha value is -3.44. The Bertz CT molecular complexity index is 1240. The summed E-state index contributed by atoms with van der Waals surface area (Å²) in [4.78, 5) is 45.5. The maximum atomic E-state index is 12.8. The van der Waals surface area contributed by atoms with E-state index in [0.29, 0.717) is 49.7 Å². The number of esters is 1. The van der Waals surface area contributed by atoms with E-state index in [1.54, 1.807) is 12.4 Å². The van der Waals surface area contributed by atoms with Crippen LogP contribution in [0.3, 0.4) is 0 Å². The van der Waals surface area contributed by atoms with Crippen LogP contribution in [0, 0.1) is 11.8 Å². The Morgan fingerprint density at radius 1 is 1.07 bits per heavy atom. The predicted octanol–water partition coefficient (Wildman–Crippen LogP) is 4.61. The molecule has 5 heterocycles. The first-order chi connectivity index (χ1) is 21.1. The lowest BCUT2D eigenvalue weighted by Crippen LogP contribution is -2.47. The van der Waals surface area contributed by atoms with Gasteiger partial charge in [-0.25, -0.2) is 9.97 Å². The first-order valence-corrected chi connectivity index (χ1v) is 16.4. The third kappa shape index (κ3) is 8.38. The van der Waals surface area contributed by atoms with Gasteiger partial charge in [0.25, 0.3) is 0 Å². The molecule has 44 heavy (non-hydrogen) atoms. The number of hydrogen-bond acceptors (Lipinski definition) is 11. The largest absolute Gasteiger partial charge is 0.490 e. The molecule has 2 aromatic heterocycles. The zero-order valence-electron chi connectivity index (χ0n) is 27.0. The summed E-state index contributed by atoms with van der Waals surface area (Å²) in [7, 11) is 0. The molecule has 0 bridgehead atoms. The molecule has 5 rings (SSSR count). The number of hydrogen-bond donors (Lipinski definition) is 0. The molecule has 0 radical (unpaired) electrons. The zero-order valence-corrected chi connectivity index (χ0v) is 27.0. The highest BCUT2D eigenvalue weighted by Crippen LogP contribution is 2.31. The van der Waals surface area contributed by atoms with Crippen LogP contribution in [0.15, 0.2) is 16.9 Å². The molecule has 0 N–H and O–H groups in total. The van der Waals surface area contributed by atoms with Crippen LogP contribution in [-0.2, 0) is 14.3 Å². The van der Waals surface area contributed by atoms with Gasteiger partial charge < -0.3 is 28.7 Å². The minimum atomic E-state index is -0.545. The van der Waals surface area contributed by atoms with Crippen molar-refractivity contribution < 1.29 is 23.6 Å². The van der Waals surface area contributed by atoms with E-state index in [1.807, 2.05) is 25.7 Å². The first kappa shape index (κ1) is 32.0. The maximum absolute atomic E-state index is 12.8. The van der Waals surface area contributed by atoms with Crippen molar-refractivity contribution in [2.45, 2.75) is 104 Å². The Balaban J connectivity index is 1.08. The molecule has 12 heteroatoms. The smallest absolute Gasteiger partial charge is 0.324 e. The Kier molecular flexibility index (Phi) is 10.3. The van der Waals surface area contributed by atoms with Crippen molar-refractivity contribution in [3.05, 3.63) is 18.2 Å². The number of aromatic nitrogens is 4. The second kappa shape index (κ2) is 14.1. The van der Waals surface area contributed by atoms with Crippen LogP contribution in [0.2, 0.25) is 0 Å². The number of rotatable bonds is 11. The van der Waals surface area contributed by atoms with Gasteiger partial charge in [0.1, 0.15) is 5.60 Å². The van der Waals surface area contributed by atoms with E-state index in [0.717, 1.165) is 64.0 Å². The third-order valence-electron chi connectivity index (χ3n) is 8.77. The summed E-state index contributed by atoms with van der Waals surface area (Å²) in [6.45, 7) is 14.2. The van der Waals surface area contributed by atoms with E-state index in [2.05, 4.69) is 43.8 Å². The summed E-state index contributed by atoms with van der Waals surface area (Å²) >= 11 is 0. The van der Waals surface area contributed by atoms with Gasteiger partial charge in [-0.15, -0.1) is 0 Å². The molecule has 12 nitrogen and oxygen atoms in total. The fourth-order valence-electron chi connectivity index (χ4n) is 6.46. The van der Waals surface area contributed by atoms with Crippen molar-refractivity contribution in [2.24, 2.45) is 11.8 Å². The summed E-state index contributed by atoms with van der Waals surface area (Å²) in [5.41, 5.74) is -0.545. The minimum Gasteiger partial charge on any atom is -0.490 e. The molecule has 2 aromatic rings. The lowest BCUT2D eigenvalue weighted by atomic mass is 9.92. The summed E-state index contributed by atoms with van der Waals surface area (Å²) in [5.74, 6) is 2.81. The summed E-state index contributed by atoms with van der Waals surface area (Å²) < 4.78 is 17.1. The van der Waals surface area contributed by atoms with Gasteiger partial charge in [0.05, 0.1) is 31.5 Å². The lowest BCUT2D eigenvalue weighted by Gasteiger charge is -2.35. The van der Waals surface area contributed by atoms with Crippen LogP contribution in [0.4, 0.5) is 12.0 Å². The van der Waals surface area contributed by atoms with E-state index < -0.39 is 5.60 Å². The summed E-state index contributed by atoms with van der Waals surface area (Å²) in [6, 6.07) is 0.577. The van der Waals surface area contributed by atoms with Gasteiger partial charge >= 0.3 is 12.0 Å². The second-order valence-electron chi connectivity index (χ2n) is 13.8. The van der Waals surface area contributed by atoms with Gasteiger partial charge in [-0.05, 0) is 65.2 Å². The Morgan fingerprint density at radius 3 is 2.48 bits per heavy atom. The van der Waals surface area contributed by atoms with Crippen molar-refractivity contribution in [1.29, 1.82) is 0 Å². The number of nitrogens with zero attached hydrogens (tertiary/aromatic N) is 7. The van der Waals surface area contributed by atoms with Crippen molar-refractivity contribution in [2.75, 3.05) is 49.1 Å². The van der Waals surface area contributed by atoms with E-state index in [-0.39, 0.29) is 36.2 Å². The molecule has 2 atom stereocenters. The SMILES string of the molecule is CC(C)c1noc(N2CCC(CCCOc3cnc(N4C[C@H](CC(=O)OC(C)(C)C)[C@@H](N5CCCCC5=O)C4)nc3)CC2)n1. The van der Waals surface area contributed by atoms with Gasteiger partial charge in [0.2, 0.25) is 11.9 Å². The van der Waals surface area contributed by atoms with Crippen molar-refractivity contribution in [3.63, 3.8) is 0 Å². The quantitative estimate of drug-likeness (QED) is 0.261. The van der Waals surface area contributed by atoms with E-state index in [1.165, 1.54) is 0 Å². The first-order valence-electron chi connectivity index (χ1n) is 16.4. The molecule has 3 fully saturated rings. The van der Waals surface area contributed by atoms with Crippen molar-refractivity contribution >= 4 is 23.8 Å². The number of piperidine rings is 2. The molecule has 3 saturated heterocycles. The average Bonchev–Trinajstić information content (AvgIpc) is 3.64. The highest BCUT2D eigenvalue weighted by Gasteiger charge is 2.41. The monoisotopic (exact) mass is 611 g/mol. The highest BCUT2D eigenvalue weighted by molar-refractivity contribution is 5.78. The molecule has 0 aliphatic carbocycles. The lowest BCUT2D eigenvalue weighted by molar-refractivity contribution is -0.157. The maximum Gasteiger partial charge on any atom is 0.324 e. The average molecular weight is 612 g/mol. The normalized spacial score (nSPS) is 21.8. The van der Waals surface area contributed by atoms with Crippen LogP contribution in [0.1, 0.15) is 97.7 Å². The van der Waals surface area contributed by atoms with Crippen molar-refractivity contribution in [1.82, 2.24) is 25.0 Å². The number of anilines is 2. The van der Waals surface area contributed by atoms with Crippen LogP contribution >= 0.6 is 0 Å². The number of carbonyl (C=O) groups excluding carboxylic acids is 2. The van der Waals surface area contributed by atoms with Crippen LogP contribution < -0.4 is 14.5 Å². The van der Waals surface area contributed by atoms with Gasteiger partial charge in [-0.3, -0.25) is 9.59 Å². The van der Waals surface area contributed by atoms with Crippen LogP contribution in [0.5, 0.6) is 5.75 Å². The Morgan fingerprint density at radius 2 is 1.82 bits per heavy atom. The van der Waals surface area contributed by atoms with Crippen molar-refractivity contribution in [3.8, 4) is 5.75 Å². The van der Waals surface area contributed by atoms with Gasteiger partial charge in [-0.1, -0.05) is 19.0 Å². The highest BCUT2D eigenvalue weighted by atomic mass is 16.6. The van der Waals surface area contributed by atoms with E-state index in [4.69, 9.17) is 14.0 Å². The molecule has 3 aliphatic heterocycles. The predicted molar refractivity (Wildman–Crippen MR) is 166 cm³/mol. The summed E-state index contributed by atoms with van der Waals surface area (Å²) in [6.07, 6.45) is 10.5. The fraction of sp³-hybridized carbons (Fsp3) is 0.750. The molecule has 0 saturated carbocycles. The van der Waals surface area contributed by atoms with Crippen LogP contribution in [0.25, 0.3) is 0 Å². The topological polar surface area (TPSA) is 127 Å². The number of carbonyl (C=O) groups is 2. The fourth-order valence-corrected chi connectivity index (χ4v) is 6.46. The molecule has 0 aromatic carbocycles. The molecular weight excluding hydrogens is 562 g/mol. The molecule has 0 spiro atoms. The van der Waals surface area contributed by atoms with Gasteiger partial charge in [0, 0.05) is 51.0 Å². The molecule has 3 aliphatic rings. The second-order valence-corrected chi connectivity index (χ2v) is 13.8. The van der Waals surface area contributed by atoms with E-state index in [9.17, 15) is 9.59 Å². The van der Waals surface area contributed by atoms with Gasteiger partial charge in [0.15, 0.2) is 11.6 Å². The third-order valence-corrected chi connectivity index (χ3v) is 8.77. The number of likely N-dealkylation sites (tertiary alicyclic amines) is 1. The van der Waals surface area contributed by atoms with Crippen LogP contribution in [-0.4, -0.2) is 87.9 Å². The zero-order chi connectivity index (χ0) is 31.3. The standard InChI is InChI=1S/C32H49N7O5/c1-22(2)29-35-31(44-36-29)37-14-11-23(12-15-37)9-8-16-42-25-18-33-30(34-19-25)38-20-24(17-28(41)43-32(3,4)5)26(21-38)39-13-7-6-10-27(39)40/h18-19,22-24,26H,6-17,20-21H2,1-5H3/t24-,26-/m0/s1. The van der Waals surface area contributed by atoms with E-state index >= 15 is 0 Å². The number of ether oxygens (including phenoxy) is 2. The molecule has 1 amide bonds. The molecular formula is C32H49N7O5. The summed E-state index contributed by atoms with van der Waals surface area (Å²) in [5, 5.41) is 4.09. The van der Waals surface area contributed by atoms with Gasteiger partial charge in [-0.2, -0.15) is 4.98 Å². The molecule has 0 unspecified atom stereocenters.